The van der Waals surface area contributed by atoms with Gasteiger partial charge >= 0.3 is 0 Å². The van der Waals surface area contributed by atoms with Gasteiger partial charge in [0.05, 0.1) is 5.56 Å². The molecule has 0 saturated carbocycles. The van der Waals surface area contributed by atoms with E-state index in [1.54, 1.807) is 6.07 Å². The zero-order chi connectivity index (χ0) is 14.0. The fraction of sp³-hybridized carbons (Fsp3) is 0.417. The van der Waals surface area contributed by atoms with Crippen LogP contribution >= 0.6 is 0 Å². The predicted molar refractivity (Wildman–Crippen MR) is 65.4 cm³/mol. The molecule has 0 N–H and O–H groups in total. The Kier molecular flexibility index (Phi) is 3.55. The van der Waals surface area contributed by atoms with Crippen LogP contribution in [0.5, 0.6) is 5.75 Å². The average molecular weight is 266 g/mol. The molecular formula is C12H14N2O5. The van der Waals surface area contributed by atoms with Crippen LogP contribution < -0.4 is 4.74 Å². The SMILES string of the molecule is Cc1cc2c(cc1C)C(=O)N(CCO[N+](=O)[O-])CO2. The number of aryl methyl sites for hydroxylation is 2. The van der Waals surface area contributed by atoms with Gasteiger partial charge < -0.3 is 14.5 Å². The number of rotatable bonds is 4. The maximum Gasteiger partial charge on any atom is 0.294 e. The highest BCUT2D eigenvalue weighted by Crippen LogP contribution is 2.27. The Bertz CT molecular complexity index is 529. The number of ether oxygens (including phenoxy) is 1. The van der Waals surface area contributed by atoms with E-state index in [4.69, 9.17) is 4.74 Å². The molecule has 0 bridgehead atoms. The number of benzene rings is 1. The van der Waals surface area contributed by atoms with Crippen molar-refractivity contribution in [2.45, 2.75) is 13.8 Å². The maximum absolute atomic E-state index is 12.2. The Hall–Kier alpha value is -2.31. The van der Waals surface area contributed by atoms with E-state index in [1.165, 1.54) is 4.90 Å². The molecule has 7 heteroatoms. The molecule has 1 aromatic carbocycles. The quantitative estimate of drug-likeness (QED) is 0.606. The number of carbonyl (C=O) groups excluding carboxylic acids is 1. The topological polar surface area (TPSA) is 81.9 Å². The third kappa shape index (κ3) is 2.75. The first-order chi connectivity index (χ1) is 8.99. The first-order valence-electron chi connectivity index (χ1n) is 5.79. The van der Waals surface area contributed by atoms with Crippen LogP contribution in [0.3, 0.4) is 0 Å². The molecule has 1 aliphatic rings. The molecule has 0 atom stereocenters. The average Bonchev–Trinajstić information content (AvgIpc) is 2.34. The van der Waals surface area contributed by atoms with Gasteiger partial charge in [0.2, 0.25) is 0 Å². The summed E-state index contributed by atoms with van der Waals surface area (Å²) in [5.41, 5.74) is 2.53. The van der Waals surface area contributed by atoms with E-state index < -0.39 is 5.09 Å². The van der Waals surface area contributed by atoms with Gasteiger partial charge in [-0.1, -0.05) is 0 Å². The smallest absolute Gasteiger partial charge is 0.294 e. The number of hydrogen-bond acceptors (Lipinski definition) is 5. The van der Waals surface area contributed by atoms with Gasteiger partial charge in [0.1, 0.15) is 12.4 Å². The molecule has 0 aliphatic carbocycles. The highest BCUT2D eigenvalue weighted by atomic mass is 16.9. The molecule has 19 heavy (non-hydrogen) atoms. The van der Waals surface area contributed by atoms with Crippen LogP contribution in [-0.4, -0.2) is 35.8 Å². The summed E-state index contributed by atoms with van der Waals surface area (Å²) in [5.74, 6) is 0.357. The van der Waals surface area contributed by atoms with Crippen LogP contribution in [-0.2, 0) is 4.84 Å². The van der Waals surface area contributed by atoms with Crippen LogP contribution in [0, 0.1) is 24.0 Å². The zero-order valence-electron chi connectivity index (χ0n) is 10.7. The molecule has 2 rings (SSSR count). The lowest BCUT2D eigenvalue weighted by Crippen LogP contribution is -2.40. The fourth-order valence-electron chi connectivity index (χ4n) is 1.84. The van der Waals surface area contributed by atoms with Gasteiger partial charge in [-0.2, -0.15) is 0 Å². The molecule has 0 unspecified atom stereocenters. The van der Waals surface area contributed by atoms with Crippen molar-refractivity contribution in [3.63, 3.8) is 0 Å². The maximum atomic E-state index is 12.2. The van der Waals surface area contributed by atoms with Crippen LogP contribution in [0.1, 0.15) is 21.5 Å². The Labute approximate surface area is 109 Å². The van der Waals surface area contributed by atoms with Crippen molar-refractivity contribution in [3.8, 4) is 5.75 Å². The summed E-state index contributed by atoms with van der Waals surface area (Å²) in [4.78, 5) is 27.8. The van der Waals surface area contributed by atoms with Crippen molar-refractivity contribution in [2.75, 3.05) is 19.9 Å². The van der Waals surface area contributed by atoms with Crippen molar-refractivity contribution in [3.05, 3.63) is 38.9 Å². The zero-order valence-corrected chi connectivity index (χ0v) is 10.7. The standard InChI is InChI=1S/C12H14N2O5/c1-8-5-10-11(6-9(8)2)18-7-13(12(10)15)3-4-19-14(16)17/h5-6H,3-4,7H2,1-2H3. The second-order valence-electron chi connectivity index (χ2n) is 4.33. The summed E-state index contributed by atoms with van der Waals surface area (Å²) >= 11 is 0. The van der Waals surface area contributed by atoms with E-state index in [0.29, 0.717) is 11.3 Å². The molecule has 0 aromatic heterocycles. The van der Waals surface area contributed by atoms with Crippen LogP contribution in [0.25, 0.3) is 0 Å². The van der Waals surface area contributed by atoms with Crippen LogP contribution in [0.15, 0.2) is 12.1 Å². The molecule has 0 radical (unpaired) electrons. The minimum absolute atomic E-state index is 0.0788. The molecule has 1 aliphatic heterocycles. The third-order valence-electron chi connectivity index (χ3n) is 3.05. The van der Waals surface area contributed by atoms with Gasteiger partial charge in [-0.05, 0) is 37.1 Å². The minimum Gasteiger partial charge on any atom is -0.472 e. The highest BCUT2D eigenvalue weighted by Gasteiger charge is 2.26. The lowest BCUT2D eigenvalue weighted by Gasteiger charge is -2.29. The first-order valence-corrected chi connectivity index (χ1v) is 5.79. The molecule has 102 valence electrons. The monoisotopic (exact) mass is 266 g/mol. The van der Waals surface area contributed by atoms with Gasteiger partial charge in [-0.25, -0.2) is 0 Å². The van der Waals surface area contributed by atoms with Crippen molar-refractivity contribution in [1.29, 1.82) is 0 Å². The molecule has 0 saturated heterocycles. The first kappa shape index (κ1) is 13.1. The number of nitrogens with zero attached hydrogens (tertiary/aromatic N) is 2. The van der Waals surface area contributed by atoms with Gasteiger partial charge in [0, 0.05) is 6.54 Å². The molecule has 1 aromatic rings. The van der Waals surface area contributed by atoms with Gasteiger partial charge in [-0.15, -0.1) is 10.1 Å². The Morgan fingerprint density at radius 3 is 2.79 bits per heavy atom. The summed E-state index contributed by atoms with van der Waals surface area (Å²) in [7, 11) is 0. The summed E-state index contributed by atoms with van der Waals surface area (Å²) in [5, 5.41) is 9.17. The second kappa shape index (κ2) is 5.13. The largest absolute Gasteiger partial charge is 0.472 e. The summed E-state index contributed by atoms with van der Waals surface area (Å²) in [6.07, 6.45) is 0. The Balaban J connectivity index is 2.11. The minimum atomic E-state index is -0.878. The number of fused-ring (bicyclic) bond motifs is 1. The molecule has 0 spiro atoms. The van der Waals surface area contributed by atoms with Gasteiger partial charge in [0.25, 0.3) is 11.0 Å². The molecule has 7 nitrogen and oxygen atoms in total. The van der Waals surface area contributed by atoms with E-state index >= 15 is 0 Å². The lowest BCUT2D eigenvalue weighted by molar-refractivity contribution is -0.757. The van der Waals surface area contributed by atoms with Gasteiger partial charge in [0.15, 0.2) is 6.73 Å². The Morgan fingerprint density at radius 2 is 2.11 bits per heavy atom. The van der Waals surface area contributed by atoms with Crippen molar-refractivity contribution in [2.24, 2.45) is 0 Å². The molecular weight excluding hydrogens is 252 g/mol. The van der Waals surface area contributed by atoms with E-state index in [9.17, 15) is 14.9 Å². The molecule has 1 amide bonds. The van der Waals surface area contributed by atoms with Crippen molar-refractivity contribution in [1.82, 2.24) is 4.90 Å². The summed E-state index contributed by atoms with van der Waals surface area (Å²) in [6.45, 7) is 3.89. The van der Waals surface area contributed by atoms with E-state index in [-0.39, 0.29) is 25.8 Å². The normalized spacial score (nSPS) is 13.8. The molecule has 1 heterocycles. The van der Waals surface area contributed by atoms with Crippen molar-refractivity contribution >= 4 is 5.91 Å². The Morgan fingerprint density at radius 1 is 1.42 bits per heavy atom. The second-order valence-corrected chi connectivity index (χ2v) is 4.33. The number of amides is 1. The van der Waals surface area contributed by atoms with Crippen LogP contribution in [0.4, 0.5) is 0 Å². The van der Waals surface area contributed by atoms with E-state index in [0.717, 1.165) is 11.1 Å². The summed E-state index contributed by atoms with van der Waals surface area (Å²) < 4.78 is 5.48. The number of hydrogen-bond donors (Lipinski definition) is 0. The van der Waals surface area contributed by atoms with Crippen LogP contribution in [0.2, 0.25) is 0 Å². The van der Waals surface area contributed by atoms with Crippen molar-refractivity contribution < 1.29 is 19.5 Å². The number of carbonyl (C=O) groups is 1. The van der Waals surface area contributed by atoms with E-state index in [1.807, 2.05) is 19.9 Å². The van der Waals surface area contributed by atoms with Gasteiger partial charge in [-0.3, -0.25) is 4.79 Å². The fourth-order valence-corrected chi connectivity index (χ4v) is 1.84. The molecule has 0 fully saturated rings. The lowest BCUT2D eigenvalue weighted by atomic mass is 10.0. The highest BCUT2D eigenvalue weighted by molar-refractivity contribution is 5.98. The summed E-state index contributed by atoms with van der Waals surface area (Å²) in [6, 6.07) is 3.60. The third-order valence-corrected chi connectivity index (χ3v) is 3.05. The van der Waals surface area contributed by atoms with E-state index in [2.05, 4.69) is 4.84 Å². The predicted octanol–water partition coefficient (Wildman–Crippen LogP) is 1.30.